The number of benzene rings is 1. The summed E-state index contributed by atoms with van der Waals surface area (Å²) in [5.74, 6) is -2.44. The average molecular weight is 407 g/mol. The summed E-state index contributed by atoms with van der Waals surface area (Å²) in [7, 11) is -3.40. The smallest absolute Gasteiger partial charge is 0.292 e. The Morgan fingerprint density at radius 3 is 2.36 bits per heavy atom. The summed E-state index contributed by atoms with van der Waals surface area (Å²) in [6, 6.07) is 3.78. The van der Waals surface area contributed by atoms with Gasteiger partial charge in [-0.2, -0.15) is 0 Å². The first-order valence-corrected chi connectivity index (χ1v) is 10.7. The average Bonchev–Trinajstić information content (AvgIpc) is 3.12. The SMILES string of the molecule is CC(C)CN1C(=O)C(=O)N(CC(=O)c2ccc3c(c2)CCN3S(C)(=O)=O)C1=O. The first kappa shape index (κ1) is 20.0. The number of anilines is 1. The van der Waals surface area contributed by atoms with Crippen molar-refractivity contribution in [3.8, 4) is 0 Å². The lowest BCUT2D eigenvalue weighted by atomic mass is 10.0. The molecule has 0 atom stereocenters. The minimum atomic E-state index is -3.40. The number of imide groups is 2. The van der Waals surface area contributed by atoms with Gasteiger partial charge in [-0.3, -0.25) is 23.6 Å². The van der Waals surface area contributed by atoms with Crippen LogP contribution < -0.4 is 4.31 Å². The fourth-order valence-electron chi connectivity index (χ4n) is 3.34. The highest BCUT2D eigenvalue weighted by Gasteiger charge is 2.45. The molecular weight excluding hydrogens is 386 g/mol. The Hall–Kier alpha value is -2.75. The molecule has 3 rings (SSSR count). The maximum absolute atomic E-state index is 12.6. The fraction of sp³-hybridized carbons (Fsp3) is 0.444. The summed E-state index contributed by atoms with van der Waals surface area (Å²) < 4.78 is 24.9. The van der Waals surface area contributed by atoms with Gasteiger partial charge in [-0.15, -0.1) is 0 Å². The number of rotatable bonds is 6. The van der Waals surface area contributed by atoms with Gasteiger partial charge in [0, 0.05) is 18.7 Å². The van der Waals surface area contributed by atoms with Crippen LogP contribution in [-0.4, -0.2) is 67.7 Å². The molecule has 2 heterocycles. The van der Waals surface area contributed by atoms with Gasteiger partial charge in [-0.1, -0.05) is 13.8 Å². The van der Waals surface area contributed by atoms with Crippen molar-refractivity contribution in [2.75, 3.05) is 30.2 Å². The van der Waals surface area contributed by atoms with E-state index in [1.807, 2.05) is 13.8 Å². The number of hydrogen-bond donors (Lipinski definition) is 0. The van der Waals surface area contributed by atoms with Gasteiger partial charge in [0.1, 0.15) is 0 Å². The van der Waals surface area contributed by atoms with E-state index in [1.165, 1.54) is 10.4 Å². The molecular formula is C18H21N3O6S. The lowest BCUT2D eigenvalue weighted by Crippen LogP contribution is -2.38. The van der Waals surface area contributed by atoms with Crippen molar-refractivity contribution in [1.82, 2.24) is 9.80 Å². The van der Waals surface area contributed by atoms with Crippen LogP contribution in [0.3, 0.4) is 0 Å². The molecule has 1 fully saturated rings. The lowest BCUT2D eigenvalue weighted by Gasteiger charge is -2.17. The van der Waals surface area contributed by atoms with Crippen LogP contribution in [0.1, 0.15) is 29.8 Å². The molecule has 0 aromatic heterocycles. The van der Waals surface area contributed by atoms with Crippen LogP contribution in [0.5, 0.6) is 0 Å². The Morgan fingerprint density at radius 2 is 1.75 bits per heavy atom. The molecule has 0 bridgehead atoms. The standard InChI is InChI=1S/C18H21N3O6S/c1-11(2)9-19-16(23)17(24)20(18(19)25)10-15(22)13-4-5-14-12(8-13)6-7-21(14)28(3,26)27/h4-5,8,11H,6-7,9-10H2,1-3H3. The molecule has 0 radical (unpaired) electrons. The second-order valence-electron chi connectivity index (χ2n) is 7.34. The third-order valence-corrected chi connectivity index (χ3v) is 5.82. The zero-order chi connectivity index (χ0) is 20.8. The Kier molecular flexibility index (Phi) is 5.00. The molecule has 0 aliphatic carbocycles. The monoisotopic (exact) mass is 407 g/mol. The quantitative estimate of drug-likeness (QED) is 0.389. The molecule has 1 aromatic carbocycles. The minimum absolute atomic E-state index is 0.00847. The van der Waals surface area contributed by atoms with E-state index in [4.69, 9.17) is 0 Å². The zero-order valence-electron chi connectivity index (χ0n) is 15.8. The molecule has 10 heteroatoms. The number of hydrogen-bond acceptors (Lipinski definition) is 6. The highest BCUT2D eigenvalue weighted by molar-refractivity contribution is 7.92. The van der Waals surface area contributed by atoms with Gasteiger partial charge in [0.05, 0.1) is 18.5 Å². The second kappa shape index (κ2) is 7.01. The normalized spacial score (nSPS) is 17.1. The third kappa shape index (κ3) is 3.51. The molecule has 0 unspecified atom stereocenters. The molecule has 4 amide bonds. The highest BCUT2D eigenvalue weighted by atomic mass is 32.2. The zero-order valence-corrected chi connectivity index (χ0v) is 16.7. The van der Waals surface area contributed by atoms with Crippen LogP contribution in [-0.2, 0) is 26.0 Å². The van der Waals surface area contributed by atoms with Crippen LogP contribution in [0, 0.1) is 5.92 Å². The third-order valence-electron chi connectivity index (χ3n) is 4.64. The highest BCUT2D eigenvalue weighted by Crippen LogP contribution is 2.31. The predicted molar refractivity (Wildman–Crippen MR) is 100 cm³/mol. The van der Waals surface area contributed by atoms with Crippen LogP contribution >= 0.6 is 0 Å². The van der Waals surface area contributed by atoms with E-state index in [9.17, 15) is 27.6 Å². The topological polar surface area (TPSA) is 112 Å². The summed E-state index contributed by atoms with van der Waals surface area (Å²) >= 11 is 0. The van der Waals surface area contributed by atoms with Crippen molar-refractivity contribution in [1.29, 1.82) is 0 Å². The summed E-state index contributed by atoms with van der Waals surface area (Å²) in [5.41, 5.74) is 1.47. The Bertz CT molecular complexity index is 985. The number of sulfonamides is 1. The van der Waals surface area contributed by atoms with Crippen LogP contribution in [0.2, 0.25) is 0 Å². The largest absolute Gasteiger partial charge is 0.334 e. The molecule has 2 aliphatic heterocycles. The van der Waals surface area contributed by atoms with Gasteiger partial charge in [0.2, 0.25) is 10.0 Å². The van der Waals surface area contributed by atoms with E-state index in [0.717, 1.165) is 11.2 Å². The number of carbonyl (C=O) groups excluding carboxylic acids is 4. The van der Waals surface area contributed by atoms with E-state index < -0.39 is 40.2 Å². The van der Waals surface area contributed by atoms with Crippen LogP contribution in [0.25, 0.3) is 0 Å². The summed E-state index contributed by atoms with van der Waals surface area (Å²) in [6.07, 6.45) is 1.58. The Morgan fingerprint density at radius 1 is 1.11 bits per heavy atom. The molecule has 9 nitrogen and oxygen atoms in total. The van der Waals surface area contributed by atoms with E-state index in [1.54, 1.807) is 12.1 Å². The number of Topliss-reactive ketones (excluding diaryl/α,β-unsaturated/α-hetero) is 1. The molecule has 0 N–H and O–H groups in total. The van der Waals surface area contributed by atoms with E-state index in [-0.39, 0.29) is 18.0 Å². The number of amides is 4. The number of fused-ring (bicyclic) bond motifs is 1. The summed E-state index contributed by atoms with van der Waals surface area (Å²) in [5, 5.41) is 0. The summed E-state index contributed by atoms with van der Waals surface area (Å²) in [6.45, 7) is 3.49. The number of urea groups is 1. The molecule has 1 aromatic rings. The van der Waals surface area contributed by atoms with E-state index >= 15 is 0 Å². The van der Waals surface area contributed by atoms with Crippen molar-refractivity contribution in [2.45, 2.75) is 20.3 Å². The van der Waals surface area contributed by atoms with Crippen LogP contribution in [0.4, 0.5) is 10.5 Å². The van der Waals surface area contributed by atoms with Gasteiger partial charge >= 0.3 is 17.8 Å². The van der Waals surface area contributed by atoms with Gasteiger partial charge in [-0.05, 0) is 36.1 Å². The van der Waals surface area contributed by atoms with Gasteiger partial charge in [0.15, 0.2) is 5.78 Å². The number of carbonyl (C=O) groups is 4. The Labute approximate surface area is 162 Å². The first-order chi connectivity index (χ1) is 13.0. The molecule has 1 saturated heterocycles. The van der Waals surface area contributed by atoms with Crippen molar-refractivity contribution >= 4 is 39.3 Å². The molecule has 0 saturated carbocycles. The van der Waals surface area contributed by atoms with Gasteiger partial charge < -0.3 is 0 Å². The van der Waals surface area contributed by atoms with Crippen molar-refractivity contribution in [3.63, 3.8) is 0 Å². The van der Waals surface area contributed by atoms with Crippen molar-refractivity contribution in [3.05, 3.63) is 29.3 Å². The number of nitrogens with zero attached hydrogens (tertiary/aromatic N) is 3. The van der Waals surface area contributed by atoms with E-state index in [0.29, 0.717) is 29.1 Å². The fourth-order valence-corrected chi connectivity index (χ4v) is 4.30. The van der Waals surface area contributed by atoms with Crippen molar-refractivity contribution in [2.24, 2.45) is 5.92 Å². The molecule has 0 spiro atoms. The molecule has 28 heavy (non-hydrogen) atoms. The van der Waals surface area contributed by atoms with Gasteiger partial charge in [-0.25, -0.2) is 18.1 Å². The van der Waals surface area contributed by atoms with Crippen LogP contribution in [0.15, 0.2) is 18.2 Å². The predicted octanol–water partition coefficient (Wildman–Crippen LogP) is 0.638. The minimum Gasteiger partial charge on any atom is -0.292 e. The van der Waals surface area contributed by atoms with E-state index in [2.05, 4.69) is 0 Å². The van der Waals surface area contributed by atoms with Gasteiger partial charge in [0.25, 0.3) is 0 Å². The maximum Gasteiger partial charge on any atom is 0.334 e. The number of ketones is 1. The summed E-state index contributed by atoms with van der Waals surface area (Å²) in [4.78, 5) is 50.6. The molecule has 2 aliphatic rings. The Balaban J connectivity index is 1.78. The van der Waals surface area contributed by atoms with Crippen molar-refractivity contribution < 1.29 is 27.6 Å². The lowest BCUT2D eigenvalue weighted by molar-refractivity contribution is -0.143. The molecule has 150 valence electrons. The maximum atomic E-state index is 12.6. The second-order valence-corrected chi connectivity index (χ2v) is 9.24. The first-order valence-electron chi connectivity index (χ1n) is 8.82.